The molecule has 0 aliphatic heterocycles. The Hall–Kier alpha value is -0.0800. The fourth-order valence-corrected chi connectivity index (χ4v) is 2.67. The van der Waals surface area contributed by atoms with E-state index in [1.807, 2.05) is 0 Å². The van der Waals surface area contributed by atoms with E-state index >= 15 is 0 Å². The summed E-state index contributed by atoms with van der Waals surface area (Å²) in [6, 6.07) is 0. The Labute approximate surface area is 60.9 Å². The molecular weight excluding hydrogens is 128 g/mol. The van der Waals surface area contributed by atoms with Crippen LogP contribution in [0.15, 0.2) is 0 Å². The molecule has 0 saturated heterocycles. The maximum absolute atomic E-state index is 9.41. The fourth-order valence-electron chi connectivity index (χ4n) is 2.67. The Balaban J connectivity index is 2.06. The highest BCUT2D eigenvalue weighted by Crippen LogP contribution is 2.47. The average molecular weight is 142 g/mol. The van der Waals surface area contributed by atoms with Gasteiger partial charge in [0, 0.05) is 6.61 Å². The van der Waals surface area contributed by atoms with E-state index in [0.29, 0.717) is 11.8 Å². The molecule has 0 heterocycles. The molecule has 2 N–H and O–H groups in total. The summed E-state index contributed by atoms with van der Waals surface area (Å²) in [6.45, 7) is 0.276. The van der Waals surface area contributed by atoms with Crippen molar-refractivity contribution in [1.82, 2.24) is 0 Å². The maximum atomic E-state index is 9.41. The Morgan fingerprint density at radius 2 is 2.00 bits per heavy atom. The normalized spacial score (nSPS) is 52.2. The van der Waals surface area contributed by atoms with Crippen LogP contribution >= 0.6 is 0 Å². The summed E-state index contributed by atoms with van der Waals surface area (Å²) in [5, 5.41) is 18.3. The van der Waals surface area contributed by atoms with E-state index in [1.54, 1.807) is 0 Å². The minimum Gasteiger partial charge on any atom is -0.396 e. The molecule has 0 amide bonds. The summed E-state index contributed by atoms with van der Waals surface area (Å²) in [6.07, 6.45) is 3.20. The lowest BCUT2D eigenvalue weighted by Crippen LogP contribution is -2.26. The van der Waals surface area contributed by atoms with Crippen molar-refractivity contribution in [2.24, 2.45) is 17.8 Å². The number of aliphatic hydroxyl groups is 2. The van der Waals surface area contributed by atoms with Crippen molar-refractivity contribution < 1.29 is 10.2 Å². The molecule has 4 atom stereocenters. The third-order valence-electron chi connectivity index (χ3n) is 3.15. The van der Waals surface area contributed by atoms with Crippen LogP contribution < -0.4 is 0 Å². The largest absolute Gasteiger partial charge is 0.396 e. The van der Waals surface area contributed by atoms with Gasteiger partial charge >= 0.3 is 0 Å². The van der Waals surface area contributed by atoms with Crippen LogP contribution in [0.5, 0.6) is 0 Å². The summed E-state index contributed by atoms with van der Waals surface area (Å²) >= 11 is 0. The van der Waals surface area contributed by atoms with Crippen molar-refractivity contribution >= 4 is 0 Å². The molecule has 0 unspecified atom stereocenters. The quantitative estimate of drug-likeness (QED) is 0.556. The Morgan fingerprint density at radius 3 is 2.40 bits per heavy atom. The predicted molar refractivity (Wildman–Crippen MR) is 37.4 cm³/mol. The lowest BCUT2D eigenvalue weighted by Gasteiger charge is -2.23. The van der Waals surface area contributed by atoms with Gasteiger partial charge in [-0.25, -0.2) is 0 Å². The van der Waals surface area contributed by atoms with Crippen LogP contribution in [-0.4, -0.2) is 22.9 Å². The van der Waals surface area contributed by atoms with Gasteiger partial charge in [0.05, 0.1) is 6.10 Å². The molecule has 10 heavy (non-hydrogen) atoms. The van der Waals surface area contributed by atoms with E-state index < -0.39 is 0 Å². The topological polar surface area (TPSA) is 40.5 Å². The second-order valence-corrected chi connectivity index (χ2v) is 3.75. The summed E-state index contributed by atoms with van der Waals surface area (Å²) in [5.74, 6) is 1.56. The van der Waals surface area contributed by atoms with Gasteiger partial charge in [0.15, 0.2) is 0 Å². The first-order valence-electron chi connectivity index (χ1n) is 4.10. The van der Waals surface area contributed by atoms with E-state index in [4.69, 9.17) is 5.11 Å². The van der Waals surface area contributed by atoms with Crippen molar-refractivity contribution in [3.8, 4) is 0 Å². The molecule has 58 valence electrons. The van der Waals surface area contributed by atoms with Gasteiger partial charge in [-0.2, -0.15) is 0 Å². The van der Waals surface area contributed by atoms with Crippen LogP contribution in [0.1, 0.15) is 19.3 Å². The van der Waals surface area contributed by atoms with E-state index in [9.17, 15) is 5.11 Å². The van der Waals surface area contributed by atoms with E-state index in [0.717, 1.165) is 25.2 Å². The minimum absolute atomic E-state index is 0.101. The first kappa shape index (κ1) is 6.62. The highest BCUT2D eigenvalue weighted by atomic mass is 16.3. The van der Waals surface area contributed by atoms with Crippen LogP contribution in [0, 0.1) is 17.8 Å². The lowest BCUT2D eigenvalue weighted by molar-refractivity contribution is 0.0560. The first-order valence-corrected chi connectivity index (χ1v) is 4.10. The lowest BCUT2D eigenvalue weighted by atomic mass is 9.87. The Morgan fingerprint density at radius 1 is 1.20 bits per heavy atom. The molecule has 2 aliphatic rings. The Kier molecular flexibility index (Phi) is 1.46. The Bertz CT molecular complexity index is 133. The molecule has 0 spiro atoms. The van der Waals surface area contributed by atoms with Gasteiger partial charge in [-0.15, -0.1) is 0 Å². The standard InChI is InChI=1S/C8H14O2/c9-4-6-1-5-2-7(6)8(10)3-5/h5-10H,1-4H2/t5-,6-,7-,8-/m0/s1. The van der Waals surface area contributed by atoms with Crippen LogP contribution in [0.4, 0.5) is 0 Å². The molecule has 0 aromatic carbocycles. The summed E-state index contributed by atoms with van der Waals surface area (Å²) in [7, 11) is 0. The molecule has 2 saturated carbocycles. The first-order chi connectivity index (χ1) is 4.81. The molecule has 2 heteroatoms. The highest BCUT2D eigenvalue weighted by molar-refractivity contribution is 4.94. The van der Waals surface area contributed by atoms with Crippen molar-refractivity contribution in [2.45, 2.75) is 25.4 Å². The highest BCUT2D eigenvalue weighted by Gasteiger charge is 2.44. The summed E-state index contributed by atoms with van der Waals surface area (Å²) in [4.78, 5) is 0. The number of aliphatic hydroxyl groups excluding tert-OH is 2. The molecular formula is C8H14O2. The molecule has 2 fully saturated rings. The maximum Gasteiger partial charge on any atom is 0.0574 e. The number of hydrogen-bond donors (Lipinski definition) is 2. The van der Waals surface area contributed by atoms with Crippen LogP contribution in [0.25, 0.3) is 0 Å². The van der Waals surface area contributed by atoms with Crippen molar-refractivity contribution in [2.75, 3.05) is 6.61 Å². The van der Waals surface area contributed by atoms with E-state index in [2.05, 4.69) is 0 Å². The molecule has 0 aromatic heterocycles. The van der Waals surface area contributed by atoms with Gasteiger partial charge < -0.3 is 10.2 Å². The average Bonchev–Trinajstić information content (AvgIpc) is 2.44. The summed E-state index contributed by atoms with van der Waals surface area (Å²) in [5.41, 5.74) is 0. The van der Waals surface area contributed by atoms with Gasteiger partial charge in [0.25, 0.3) is 0 Å². The summed E-state index contributed by atoms with van der Waals surface area (Å²) < 4.78 is 0. The van der Waals surface area contributed by atoms with Crippen molar-refractivity contribution in [3.63, 3.8) is 0 Å². The molecule has 2 aliphatic carbocycles. The van der Waals surface area contributed by atoms with E-state index in [1.165, 1.54) is 0 Å². The van der Waals surface area contributed by atoms with Gasteiger partial charge in [0.1, 0.15) is 0 Å². The number of hydrogen-bond acceptors (Lipinski definition) is 2. The van der Waals surface area contributed by atoms with Crippen LogP contribution in [-0.2, 0) is 0 Å². The van der Waals surface area contributed by atoms with Crippen LogP contribution in [0.3, 0.4) is 0 Å². The zero-order valence-electron chi connectivity index (χ0n) is 6.03. The second-order valence-electron chi connectivity index (χ2n) is 3.75. The van der Waals surface area contributed by atoms with Gasteiger partial charge in [-0.3, -0.25) is 0 Å². The smallest absolute Gasteiger partial charge is 0.0574 e. The van der Waals surface area contributed by atoms with Gasteiger partial charge in [0.2, 0.25) is 0 Å². The third kappa shape index (κ3) is 0.789. The van der Waals surface area contributed by atoms with Crippen molar-refractivity contribution in [3.05, 3.63) is 0 Å². The third-order valence-corrected chi connectivity index (χ3v) is 3.15. The molecule has 2 bridgehead atoms. The van der Waals surface area contributed by atoms with Crippen LogP contribution in [0.2, 0.25) is 0 Å². The number of fused-ring (bicyclic) bond motifs is 2. The molecule has 2 nitrogen and oxygen atoms in total. The SMILES string of the molecule is OC[C@@H]1C[C@H]2C[C@@H]1[C@@H](O)C2. The van der Waals surface area contributed by atoms with Gasteiger partial charge in [-0.05, 0) is 37.0 Å². The number of rotatable bonds is 1. The monoisotopic (exact) mass is 142 g/mol. The van der Waals surface area contributed by atoms with E-state index in [-0.39, 0.29) is 12.7 Å². The molecule has 2 rings (SSSR count). The minimum atomic E-state index is -0.101. The molecule has 0 radical (unpaired) electrons. The zero-order chi connectivity index (χ0) is 7.14. The second kappa shape index (κ2) is 2.21. The predicted octanol–water partition coefficient (Wildman–Crippen LogP) is 0.386. The van der Waals surface area contributed by atoms with Crippen molar-refractivity contribution in [1.29, 1.82) is 0 Å². The van der Waals surface area contributed by atoms with Gasteiger partial charge in [-0.1, -0.05) is 0 Å². The fraction of sp³-hybridized carbons (Fsp3) is 1.00. The molecule has 0 aromatic rings. The zero-order valence-corrected chi connectivity index (χ0v) is 6.03.